The topological polar surface area (TPSA) is 55.6 Å². The summed E-state index contributed by atoms with van der Waals surface area (Å²) >= 11 is 0. The maximum atomic E-state index is 12.4. The van der Waals surface area contributed by atoms with Crippen molar-refractivity contribution in [2.24, 2.45) is 17.6 Å². The van der Waals surface area contributed by atoms with Crippen molar-refractivity contribution < 1.29 is 9.53 Å². The largest absolute Gasteiger partial charge is 0.383 e. The third kappa shape index (κ3) is 3.96. The second-order valence-electron chi connectivity index (χ2n) is 5.07. The van der Waals surface area contributed by atoms with Gasteiger partial charge in [0.1, 0.15) is 0 Å². The van der Waals surface area contributed by atoms with Gasteiger partial charge >= 0.3 is 0 Å². The molecule has 0 radical (unpaired) electrons. The number of carbonyl (C=O) groups is 1. The van der Waals surface area contributed by atoms with Gasteiger partial charge in [-0.25, -0.2) is 0 Å². The number of carbonyl (C=O) groups excluding carboxylic acids is 1. The molecule has 4 nitrogen and oxygen atoms in total. The van der Waals surface area contributed by atoms with E-state index in [9.17, 15) is 4.79 Å². The number of rotatable bonds is 5. The lowest BCUT2D eigenvalue weighted by atomic mass is 9.77. The van der Waals surface area contributed by atoms with Gasteiger partial charge < -0.3 is 15.4 Å². The number of hydrogen-bond acceptors (Lipinski definition) is 3. The average molecular weight is 242 g/mol. The molecule has 3 unspecified atom stereocenters. The monoisotopic (exact) mass is 242 g/mol. The Morgan fingerprint density at radius 3 is 2.76 bits per heavy atom. The summed E-state index contributed by atoms with van der Waals surface area (Å²) in [4.78, 5) is 14.3. The summed E-state index contributed by atoms with van der Waals surface area (Å²) < 4.78 is 5.04. The maximum absolute atomic E-state index is 12.4. The van der Waals surface area contributed by atoms with E-state index in [0.717, 1.165) is 25.8 Å². The number of methoxy groups -OCH3 is 1. The van der Waals surface area contributed by atoms with E-state index >= 15 is 0 Å². The molecule has 1 rings (SSSR count). The molecule has 1 fully saturated rings. The predicted octanol–water partition coefficient (Wildman–Crippen LogP) is 1.24. The van der Waals surface area contributed by atoms with E-state index < -0.39 is 0 Å². The Morgan fingerprint density at radius 1 is 1.47 bits per heavy atom. The van der Waals surface area contributed by atoms with Crippen LogP contribution in [0.25, 0.3) is 0 Å². The summed E-state index contributed by atoms with van der Waals surface area (Å²) in [6.07, 6.45) is 2.96. The van der Waals surface area contributed by atoms with Crippen LogP contribution in [0.15, 0.2) is 0 Å². The van der Waals surface area contributed by atoms with Crippen LogP contribution >= 0.6 is 0 Å². The van der Waals surface area contributed by atoms with Gasteiger partial charge in [0.15, 0.2) is 0 Å². The first-order valence-corrected chi connectivity index (χ1v) is 6.63. The quantitative estimate of drug-likeness (QED) is 0.789. The van der Waals surface area contributed by atoms with Crippen LogP contribution in [0.4, 0.5) is 0 Å². The second-order valence-corrected chi connectivity index (χ2v) is 5.07. The Labute approximate surface area is 104 Å². The van der Waals surface area contributed by atoms with Gasteiger partial charge in [0.2, 0.25) is 5.91 Å². The van der Waals surface area contributed by atoms with Gasteiger partial charge in [0.05, 0.1) is 6.61 Å². The number of nitrogens with two attached hydrogens (primary N) is 1. The van der Waals surface area contributed by atoms with Crippen molar-refractivity contribution in [1.29, 1.82) is 0 Å². The van der Waals surface area contributed by atoms with E-state index in [0.29, 0.717) is 19.1 Å². The number of hydrogen-bond donors (Lipinski definition) is 1. The zero-order chi connectivity index (χ0) is 12.8. The SMILES string of the molecule is CCN(CCOC)C(=O)C1CC(N)CCC1C. The molecule has 100 valence electrons. The van der Waals surface area contributed by atoms with E-state index in [1.165, 1.54) is 0 Å². The fourth-order valence-corrected chi connectivity index (χ4v) is 2.56. The molecule has 0 spiro atoms. The predicted molar refractivity (Wildman–Crippen MR) is 68.6 cm³/mol. The van der Waals surface area contributed by atoms with Gasteiger partial charge in [-0.1, -0.05) is 6.92 Å². The van der Waals surface area contributed by atoms with E-state index in [4.69, 9.17) is 10.5 Å². The van der Waals surface area contributed by atoms with Gasteiger partial charge in [-0.2, -0.15) is 0 Å². The lowest BCUT2D eigenvalue weighted by Gasteiger charge is -2.35. The smallest absolute Gasteiger partial charge is 0.226 e. The van der Waals surface area contributed by atoms with E-state index in [1.807, 2.05) is 11.8 Å². The van der Waals surface area contributed by atoms with Crippen LogP contribution in [0.1, 0.15) is 33.1 Å². The van der Waals surface area contributed by atoms with Gasteiger partial charge in [0, 0.05) is 32.2 Å². The van der Waals surface area contributed by atoms with Crippen LogP contribution in [0, 0.1) is 11.8 Å². The minimum atomic E-state index is 0.107. The number of amides is 1. The molecular formula is C13H26N2O2. The van der Waals surface area contributed by atoms with Crippen LogP contribution in [0.2, 0.25) is 0 Å². The molecule has 2 N–H and O–H groups in total. The Kier molecular flexibility index (Phi) is 5.92. The normalized spacial score (nSPS) is 29.1. The summed E-state index contributed by atoms with van der Waals surface area (Å²) in [6, 6.07) is 0.196. The first-order valence-electron chi connectivity index (χ1n) is 6.63. The molecule has 0 aromatic rings. The number of likely N-dealkylation sites (N-methyl/N-ethyl adjacent to an activating group) is 1. The van der Waals surface area contributed by atoms with Crippen LogP contribution < -0.4 is 5.73 Å². The Morgan fingerprint density at radius 2 is 2.18 bits per heavy atom. The summed E-state index contributed by atoms with van der Waals surface area (Å²) in [5, 5.41) is 0. The standard InChI is InChI=1S/C13H26N2O2/c1-4-15(7-8-17-3)13(16)12-9-11(14)6-5-10(12)2/h10-12H,4-9,14H2,1-3H3. The zero-order valence-electron chi connectivity index (χ0n) is 11.3. The van der Waals surface area contributed by atoms with Crippen molar-refractivity contribution in [1.82, 2.24) is 4.90 Å². The fraction of sp³-hybridized carbons (Fsp3) is 0.923. The zero-order valence-corrected chi connectivity index (χ0v) is 11.3. The van der Waals surface area contributed by atoms with Crippen molar-refractivity contribution in [3.8, 4) is 0 Å². The first kappa shape index (κ1) is 14.5. The summed E-state index contributed by atoms with van der Waals surface area (Å²) in [6.45, 7) is 6.22. The molecule has 1 aliphatic rings. The molecule has 4 heteroatoms. The molecule has 0 aliphatic heterocycles. The van der Waals surface area contributed by atoms with E-state index in [-0.39, 0.29) is 17.9 Å². The Hall–Kier alpha value is -0.610. The van der Waals surface area contributed by atoms with Crippen molar-refractivity contribution in [2.75, 3.05) is 26.8 Å². The Balaban J connectivity index is 2.58. The molecule has 3 atom stereocenters. The van der Waals surface area contributed by atoms with Crippen molar-refractivity contribution >= 4 is 5.91 Å². The van der Waals surface area contributed by atoms with Gasteiger partial charge in [-0.05, 0) is 32.1 Å². The van der Waals surface area contributed by atoms with E-state index in [2.05, 4.69) is 6.92 Å². The molecular weight excluding hydrogens is 216 g/mol. The molecule has 0 saturated heterocycles. The Bertz CT molecular complexity index is 246. The lowest BCUT2D eigenvalue weighted by Crippen LogP contribution is -2.44. The minimum absolute atomic E-state index is 0.107. The highest BCUT2D eigenvalue weighted by Gasteiger charge is 2.33. The fourth-order valence-electron chi connectivity index (χ4n) is 2.56. The van der Waals surface area contributed by atoms with Gasteiger partial charge in [-0.15, -0.1) is 0 Å². The molecule has 0 bridgehead atoms. The highest BCUT2D eigenvalue weighted by molar-refractivity contribution is 5.79. The molecule has 1 amide bonds. The van der Waals surface area contributed by atoms with Crippen LogP contribution in [-0.2, 0) is 9.53 Å². The first-order chi connectivity index (χ1) is 8.10. The maximum Gasteiger partial charge on any atom is 0.226 e. The van der Waals surface area contributed by atoms with Gasteiger partial charge in [0.25, 0.3) is 0 Å². The third-order valence-corrected chi connectivity index (χ3v) is 3.81. The summed E-state index contributed by atoms with van der Waals surface area (Å²) in [5.41, 5.74) is 5.97. The lowest BCUT2D eigenvalue weighted by molar-refractivity contribution is -0.139. The third-order valence-electron chi connectivity index (χ3n) is 3.81. The number of nitrogens with zero attached hydrogens (tertiary/aromatic N) is 1. The van der Waals surface area contributed by atoms with Crippen LogP contribution in [0.5, 0.6) is 0 Å². The molecule has 1 aliphatic carbocycles. The van der Waals surface area contributed by atoms with Crippen molar-refractivity contribution in [3.05, 3.63) is 0 Å². The molecule has 17 heavy (non-hydrogen) atoms. The summed E-state index contributed by atoms with van der Waals surface area (Å²) in [5.74, 6) is 0.821. The highest BCUT2D eigenvalue weighted by atomic mass is 16.5. The van der Waals surface area contributed by atoms with Crippen molar-refractivity contribution in [2.45, 2.75) is 39.2 Å². The molecule has 0 aromatic heterocycles. The van der Waals surface area contributed by atoms with Crippen LogP contribution in [0.3, 0.4) is 0 Å². The minimum Gasteiger partial charge on any atom is -0.383 e. The number of ether oxygens (including phenoxy) is 1. The molecule has 0 heterocycles. The molecule has 0 aromatic carbocycles. The summed E-state index contributed by atoms with van der Waals surface area (Å²) in [7, 11) is 1.66. The van der Waals surface area contributed by atoms with Crippen molar-refractivity contribution in [3.63, 3.8) is 0 Å². The average Bonchev–Trinajstić information content (AvgIpc) is 2.33. The highest BCUT2D eigenvalue weighted by Crippen LogP contribution is 2.30. The second kappa shape index (κ2) is 6.97. The van der Waals surface area contributed by atoms with Gasteiger partial charge in [-0.3, -0.25) is 4.79 Å². The molecule has 1 saturated carbocycles. The van der Waals surface area contributed by atoms with E-state index in [1.54, 1.807) is 7.11 Å². The van der Waals surface area contributed by atoms with Crippen LogP contribution in [-0.4, -0.2) is 43.7 Å².